The van der Waals surface area contributed by atoms with Gasteiger partial charge in [-0.15, -0.1) is 0 Å². The Morgan fingerprint density at radius 1 is 0.760 bits per heavy atom. The predicted octanol–water partition coefficient (Wildman–Crippen LogP) is 6.53. The minimum Gasteiger partial charge on any atom is -0.456 e. The largest absolute Gasteiger partial charge is 0.456 e. The summed E-state index contributed by atoms with van der Waals surface area (Å²) in [6.45, 7) is 6.83. The molecule has 5 rings (SSSR count). The molecule has 0 saturated carbocycles. The van der Waals surface area contributed by atoms with Crippen molar-refractivity contribution in [3.05, 3.63) is 60.2 Å². The molecule has 124 valence electrons. The van der Waals surface area contributed by atoms with E-state index in [9.17, 15) is 0 Å². The van der Waals surface area contributed by atoms with E-state index in [2.05, 4.69) is 74.9 Å². The highest BCUT2D eigenvalue weighted by Crippen LogP contribution is 2.40. The Hall–Kier alpha value is -2.74. The normalized spacial score (nSPS) is 12.8. The molecular formula is C23H21NO. The first kappa shape index (κ1) is 14.6. The van der Waals surface area contributed by atoms with Gasteiger partial charge in [0.1, 0.15) is 11.2 Å². The number of aryl methyl sites for hydroxylation is 1. The fourth-order valence-corrected chi connectivity index (χ4v) is 4.10. The molecule has 0 N–H and O–H groups in total. The van der Waals surface area contributed by atoms with Gasteiger partial charge in [-0.2, -0.15) is 0 Å². The number of benzene rings is 3. The maximum atomic E-state index is 6.13. The van der Waals surface area contributed by atoms with Crippen molar-refractivity contribution < 1.29 is 4.42 Å². The molecule has 0 atom stereocenters. The quantitative estimate of drug-likeness (QED) is 0.316. The fraction of sp³-hybridized carbons (Fsp3) is 0.217. The van der Waals surface area contributed by atoms with Crippen molar-refractivity contribution in [1.29, 1.82) is 0 Å². The minimum absolute atomic E-state index is 0.0939. The van der Waals surface area contributed by atoms with Crippen molar-refractivity contribution in [2.45, 2.75) is 26.2 Å². The molecule has 3 aromatic carbocycles. The molecule has 0 amide bonds. The summed E-state index contributed by atoms with van der Waals surface area (Å²) in [6, 6.07) is 19.4. The van der Waals surface area contributed by atoms with Crippen LogP contribution in [0.15, 0.2) is 59.0 Å². The lowest BCUT2D eigenvalue weighted by Crippen LogP contribution is -2.11. The second kappa shape index (κ2) is 4.66. The summed E-state index contributed by atoms with van der Waals surface area (Å²) in [6.07, 6.45) is 0. The van der Waals surface area contributed by atoms with Crippen LogP contribution in [0.3, 0.4) is 0 Å². The lowest BCUT2D eigenvalue weighted by atomic mass is 9.84. The van der Waals surface area contributed by atoms with E-state index in [1.807, 2.05) is 12.1 Å². The third-order valence-electron chi connectivity index (χ3n) is 5.34. The highest BCUT2D eigenvalue weighted by atomic mass is 16.3. The third-order valence-corrected chi connectivity index (χ3v) is 5.34. The van der Waals surface area contributed by atoms with Crippen LogP contribution in [0.5, 0.6) is 0 Å². The number of nitrogens with zero attached hydrogens (tertiary/aromatic N) is 1. The van der Waals surface area contributed by atoms with E-state index in [-0.39, 0.29) is 5.41 Å². The second-order valence-electron chi connectivity index (χ2n) is 7.97. The van der Waals surface area contributed by atoms with Gasteiger partial charge in [-0.3, -0.25) is 0 Å². The predicted molar refractivity (Wildman–Crippen MR) is 106 cm³/mol. The van der Waals surface area contributed by atoms with E-state index in [0.717, 1.165) is 11.2 Å². The zero-order valence-corrected chi connectivity index (χ0v) is 15.1. The molecule has 2 heteroatoms. The Morgan fingerprint density at radius 2 is 1.56 bits per heavy atom. The molecule has 0 unspecified atom stereocenters. The van der Waals surface area contributed by atoms with Gasteiger partial charge >= 0.3 is 0 Å². The van der Waals surface area contributed by atoms with Crippen molar-refractivity contribution >= 4 is 43.7 Å². The number of hydrogen-bond donors (Lipinski definition) is 0. The zero-order valence-electron chi connectivity index (χ0n) is 15.1. The van der Waals surface area contributed by atoms with Crippen LogP contribution < -0.4 is 0 Å². The molecule has 0 bridgehead atoms. The minimum atomic E-state index is 0.0939. The fourth-order valence-electron chi connectivity index (χ4n) is 4.10. The Labute approximate surface area is 146 Å². The van der Waals surface area contributed by atoms with Crippen LogP contribution in [0.1, 0.15) is 26.3 Å². The smallest absolute Gasteiger partial charge is 0.136 e. The first-order valence-electron chi connectivity index (χ1n) is 8.78. The van der Waals surface area contributed by atoms with Crippen LogP contribution in [0.25, 0.3) is 43.7 Å². The Kier molecular flexibility index (Phi) is 2.72. The van der Waals surface area contributed by atoms with Gasteiger partial charge in [0.15, 0.2) is 0 Å². The summed E-state index contributed by atoms with van der Waals surface area (Å²) in [5, 5.41) is 4.98. The monoisotopic (exact) mass is 327 g/mol. The lowest BCUT2D eigenvalue weighted by Gasteiger charge is -2.20. The van der Waals surface area contributed by atoms with Gasteiger partial charge in [0.2, 0.25) is 0 Å². The van der Waals surface area contributed by atoms with Crippen LogP contribution in [-0.2, 0) is 12.5 Å². The first-order valence-corrected chi connectivity index (χ1v) is 8.78. The van der Waals surface area contributed by atoms with E-state index < -0.39 is 0 Å². The summed E-state index contributed by atoms with van der Waals surface area (Å²) < 4.78 is 8.44. The van der Waals surface area contributed by atoms with Crippen LogP contribution in [0.4, 0.5) is 0 Å². The van der Waals surface area contributed by atoms with Crippen LogP contribution in [-0.4, -0.2) is 4.57 Å². The van der Waals surface area contributed by atoms with Gasteiger partial charge in [0.25, 0.3) is 0 Å². The van der Waals surface area contributed by atoms with Crippen LogP contribution in [0.2, 0.25) is 0 Å². The SMILES string of the molecule is Cn1c2cc3c(cc2c2c(C(C)(C)C)cccc21)oc1ccccc13. The number of hydrogen-bond acceptors (Lipinski definition) is 1. The number of furan rings is 1. The van der Waals surface area contributed by atoms with Crippen LogP contribution >= 0.6 is 0 Å². The summed E-state index contributed by atoms with van der Waals surface area (Å²) in [7, 11) is 2.16. The third kappa shape index (κ3) is 1.91. The molecule has 0 aliphatic rings. The topological polar surface area (TPSA) is 18.1 Å². The van der Waals surface area contributed by atoms with Gasteiger partial charge in [0, 0.05) is 39.6 Å². The highest BCUT2D eigenvalue weighted by molar-refractivity contribution is 6.17. The Bertz CT molecular complexity index is 1280. The number of para-hydroxylation sites is 1. The molecule has 0 saturated heterocycles. The Balaban J connectivity index is 2.02. The molecule has 0 aliphatic carbocycles. The number of aromatic nitrogens is 1. The van der Waals surface area contributed by atoms with Gasteiger partial charge in [-0.25, -0.2) is 0 Å². The molecule has 5 aromatic rings. The molecule has 0 fully saturated rings. The van der Waals surface area contributed by atoms with E-state index in [1.54, 1.807) is 0 Å². The number of rotatable bonds is 0. The summed E-state index contributed by atoms with van der Waals surface area (Å²) in [5.41, 5.74) is 5.92. The molecule has 2 aromatic heterocycles. The maximum Gasteiger partial charge on any atom is 0.136 e. The molecule has 0 spiro atoms. The standard InChI is InChI=1S/C23H21NO/c1-23(2,3)17-9-7-10-18-22(17)16-13-21-15(12-19(16)24(18)4)14-8-5-6-11-20(14)25-21/h5-13H,1-4H3. The molecule has 0 radical (unpaired) electrons. The average Bonchev–Trinajstić information content (AvgIpc) is 3.08. The lowest BCUT2D eigenvalue weighted by molar-refractivity contribution is 0.596. The van der Waals surface area contributed by atoms with Crippen molar-refractivity contribution in [1.82, 2.24) is 4.57 Å². The van der Waals surface area contributed by atoms with Crippen molar-refractivity contribution in [2.75, 3.05) is 0 Å². The van der Waals surface area contributed by atoms with Crippen molar-refractivity contribution in [3.63, 3.8) is 0 Å². The zero-order chi connectivity index (χ0) is 17.3. The molecule has 0 aliphatic heterocycles. The molecule has 2 heterocycles. The van der Waals surface area contributed by atoms with Gasteiger partial charge in [-0.1, -0.05) is 51.1 Å². The number of fused-ring (bicyclic) bond motifs is 6. The van der Waals surface area contributed by atoms with E-state index in [4.69, 9.17) is 4.42 Å². The van der Waals surface area contributed by atoms with Crippen molar-refractivity contribution in [2.24, 2.45) is 7.05 Å². The summed E-state index contributed by atoms with van der Waals surface area (Å²) in [4.78, 5) is 0. The molecule has 2 nitrogen and oxygen atoms in total. The van der Waals surface area contributed by atoms with Gasteiger partial charge < -0.3 is 8.98 Å². The maximum absolute atomic E-state index is 6.13. The van der Waals surface area contributed by atoms with E-state index in [1.165, 1.54) is 38.1 Å². The van der Waals surface area contributed by atoms with E-state index in [0.29, 0.717) is 0 Å². The van der Waals surface area contributed by atoms with Gasteiger partial charge in [0.05, 0.1) is 0 Å². The molecule has 25 heavy (non-hydrogen) atoms. The Morgan fingerprint density at radius 3 is 2.36 bits per heavy atom. The second-order valence-corrected chi connectivity index (χ2v) is 7.97. The van der Waals surface area contributed by atoms with Gasteiger partial charge in [-0.05, 0) is 35.2 Å². The van der Waals surface area contributed by atoms with E-state index >= 15 is 0 Å². The summed E-state index contributed by atoms with van der Waals surface area (Å²) in [5.74, 6) is 0. The first-order chi connectivity index (χ1) is 11.9. The highest BCUT2D eigenvalue weighted by Gasteiger charge is 2.21. The van der Waals surface area contributed by atoms with Crippen molar-refractivity contribution in [3.8, 4) is 0 Å². The average molecular weight is 327 g/mol. The van der Waals surface area contributed by atoms with Crippen LogP contribution in [0, 0.1) is 0 Å². The summed E-state index contributed by atoms with van der Waals surface area (Å²) >= 11 is 0. The molecular weight excluding hydrogens is 306 g/mol.